The van der Waals surface area contributed by atoms with E-state index in [0.717, 1.165) is 25.7 Å². The first-order valence-electron chi connectivity index (χ1n) is 6.27. The van der Waals surface area contributed by atoms with Crippen molar-refractivity contribution in [3.05, 3.63) is 21.6 Å². The molecule has 0 unspecified atom stereocenters. The Hall–Kier alpha value is -1.07. The normalized spacial score (nSPS) is 23.9. The van der Waals surface area contributed by atoms with Crippen LogP contribution in [-0.4, -0.2) is 28.9 Å². The fourth-order valence-electron chi connectivity index (χ4n) is 2.36. The first kappa shape index (κ1) is 13.4. The van der Waals surface area contributed by atoms with Crippen molar-refractivity contribution < 1.29 is 0 Å². The van der Waals surface area contributed by atoms with Gasteiger partial charge in [-0.25, -0.2) is 4.68 Å². The molecule has 1 fully saturated rings. The van der Waals surface area contributed by atoms with Crippen LogP contribution in [0.4, 0.5) is 5.69 Å². The number of halogens is 1. The fourth-order valence-corrected chi connectivity index (χ4v) is 2.58. The van der Waals surface area contributed by atoms with E-state index < -0.39 is 0 Å². The van der Waals surface area contributed by atoms with Crippen LogP contribution in [0.25, 0.3) is 0 Å². The monoisotopic (exact) mass is 270 g/mol. The lowest BCUT2D eigenvalue weighted by molar-refractivity contribution is 0.371. The Morgan fingerprint density at radius 2 is 1.94 bits per heavy atom. The molecule has 1 aromatic heterocycles. The van der Waals surface area contributed by atoms with Gasteiger partial charge in [0.2, 0.25) is 0 Å². The Balaban J connectivity index is 2.03. The van der Waals surface area contributed by atoms with Crippen molar-refractivity contribution in [2.45, 2.75) is 37.8 Å². The molecule has 0 amide bonds. The molecule has 100 valence electrons. The maximum atomic E-state index is 11.6. The minimum Gasteiger partial charge on any atom is -0.380 e. The van der Waals surface area contributed by atoms with E-state index in [2.05, 4.69) is 15.7 Å². The Kier molecular flexibility index (Phi) is 4.24. The highest BCUT2D eigenvalue weighted by molar-refractivity contribution is 6.32. The Labute approximate surface area is 112 Å². The quantitative estimate of drug-likeness (QED) is 0.871. The zero-order valence-corrected chi connectivity index (χ0v) is 11.5. The third-order valence-corrected chi connectivity index (χ3v) is 3.94. The van der Waals surface area contributed by atoms with Crippen LogP contribution < -0.4 is 16.2 Å². The molecule has 2 N–H and O–H groups in total. The molecule has 6 heteroatoms. The van der Waals surface area contributed by atoms with E-state index in [9.17, 15) is 4.79 Å². The molecule has 0 spiro atoms. The van der Waals surface area contributed by atoms with Crippen LogP contribution in [0.15, 0.2) is 11.0 Å². The minimum absolute atomic E-state index is 0.225. The summed E-state index contributed by atoms with van der Waals surface area (Å²) >= 11 is 6.03. The van der Waals surface area contributed by atoms with Crippen LogP contribution in [-0.2, 0) is 7.05 Å². The van der Waals surface area contributed by atoms with Gasteiger partial charge in [0, 0.05) is 19.1 Å². The summed E-state index contributed by atoms with van der Waals surface area (Å²) in [6, 6.07) is 0.987. The van der Waals surface area contributed by atoms with Crippen molar-refractivity contribution in [3.63, 3.8) is 0 Å². The van der Waals surface area contributed by atoms with Gasteiger partial charge in [-0.15, -0.1) is 0 Å². The lowest BCUT2D eigenvalue weighted by atomic mass is 9.91. The molecule has 1 aliphatic carbocycles. The summed E-state index contributed by atoms with van der Waals surface area (Å²) in [5.41, 5.74) is 0.387. The second-order valence-electron chi connectivity index (χ2n) is 4.78. The van der Waals surface area contributed by atoms with Crippen molar-refractivity contribution in [1.82, 2.24) is 15.1 Å². The van der Waals surface area contributed by atoms with Crippen molar-refractivity contribution >= 4 is 17.3 Å². The second kappa shape index (κ2) is 5.71. The van der Waals surface area contributed by atoms with Crippen LogP contribution in [0.3, 0.4) is 0 Å². The molecule has 0 atom stereocenters. The molecule has 0 aromatic carbocycles. The van der Waals surface area contributed by atoms with Crippen molar-refractivity contribution in [2.75, 3.05) is 12.4 Å². The average molecular weight is 271 g/mol. The summed E-state index contributed by atoms with van der Waals surface area (Å²) in [5.74, 6) is 0. The van der Waals surface area contributed by atoms with Crippen LogP contribution in [0.2, 0.25) is 5.02 Å². The van der Waals surface area contributed by atoms with E-state index >= 15 is 0 Å². The van der Waals surface area contributed by atoms with Gasteiger partial charge >= 0.3 is 0 Å². The molecule has 1 aromatic rings. The summed E-state index contributed by atoms with van der Waals surface area (Å²) in [7, 11) is 3.59. The molecule has 1 aliphatic rings. The van der Waals surface area contributed by atoms with Crippen LogP contribution in [0, 0.1) is 0 Å². The van der Waals surface area contributed by atoms with Gasteiger partial charge in [-0.05, 0) is 32.7 Å². The topological polar surface area (TPSA) is 59.0 Å². The number of aryl methyl sites for hydroxylation is 1. The molecule has 0 aliphatic heterocycles. The smallest absolute Gasteiger partial charge is 0.287 e. The maximum absolute atomic E-state index is 11.6. The van der Waals surface area contributed by atoms with Gasteiger partial charge in [0.15, 0.2) is 0 Å². The first-order valence-corrected chi connectivity index (χ1v) is 6.65. The third kappa shape index (κ3) is 2.84. The van der Waals surface area contributed by atoms with E-state index in [4.69, 9.17) is 11.6 Å². The zero-order valence-electron chi connectivity index (χ0n) is 10.7. The number of nitrogens with one attached hydrogen (secondary N) is 2. The number of nitrogens with zero attached hydrogens (tertiary/aromatic N) is 2. The van der Waals surface area contributed by atoms with E-state index in [1.807, 2.05) is 7.05 Å². The zero-order chi connectivity index (χ0) is 13.1. The molecule has 18 heavy (non-hydrogen) atoms. The number of anilines is 1. The molecule has 0 bridgehead atoms. The summed E-state index contributed by atoms with van der Waals surface area (Å²) in [6.45, 7) is 0. The lowest BCUT2D eigenvalue weighted by Crippen LogP contribution is -2.35. The average Bonchev–Trinajstić information content (AvgIpc) is 2.40. The summed E-state index contributed by atoms with van der Waals surface area (Å²) in [4.78, 5) is 11.6. The van der Waals surface area contributed by atoms with Gasteiger partial charge < -0.3 is 10.6 Å². The molecular weight excluding hydrogens is 252 g/mol. The molecule has 2 rings (SSSR count). The van der Waals surface area contributed by atoms with Gasteiger partial charge in [0.25, 0.3) is 5.56 Å². The van der Waals surface area contributed by atoms with Gasteiger partial charge in [-0.2, -0.15) is 5.10 Å². The number of hydrogen-bond acceptors (Lipinski definition) is 4. The number of hydrogen-bond donors (Lipinski definition) is 2. The Morgan fingerprint density at radius 1 is 1.33 bits per heavy atom. The summed E-state index contributed by atoms with van der Waals surface area (Å²) < 4.78 is 1.24. The van der Waals surface area contributed by atoms with Gasteiger partial charge in [0.1, 0.15) is 5.02 Å². The number of aromatic nitrogens is 2. The highest BCUT2D eigenvalue weighted by Gasteiger charge is 2.20. The van der Waals surface area contributed by atoms with Crippen molar-refractivity contribution in [2.24, 2.45) is 7.05 Å². The highest BCUT2D eigenvalue weighted by atomic mass is 35.5. The summed E-state index contributed by atoms with van der Waals surface area (Å²) in [5, 5.41) is 10.8. The van der Waals surface area contributed by atoms with Gasteiger partial charge in [-0.1, -0.05) is 11.6 Å². The molecule has 5 nitrogen and oxygen atoms in total. The summed E-state index contributed by atoms with van der Waals surface area (Å²) in [6.07, 6.45) is 6.07. The molecule has 0 radical (unpaired) electrons. The van der Waals surface area contributed by atoms with Gasteiger partial charge in [-0.3, -0.25) is 4.79 Å². The van der Waals surface area contributed by atoms with Crippen LogP contribution in [0.1, 0.15) is 25.7 Å². The largest absolute Gasteiger partial charge is 0.380 e. The molecule has 1 saturated carbocycles. The second-order valence-corrected chi connectivity index (χ2v) is 5.16. The van der Waals surface area contributed by atoms with Crippen LogP contribution in [0.5, 0.6) is 0 Å². The van der Waals surface area contributed by atoms with Crippen molar-refractivity contribution in [3.8, 4) is 0 Å². The van der Waals surface area contributed by atoms with E-state index in [-0.39, 0.29) is 10.6 Å². The Bertz CT molecular complexity index is 466. The minimum atomic E-state index is -0.259. The standard InChI is InChI=1S/C12H19ClN4O/c1-14-8-3-5-9(6-4-8)16-10-7-15-17(2)12(18)11(10)13/h7-9,14,16H,3-6H2,1-2H3. The fraction of sp³-hybridized carbons (Fsp3) is 0.667. The van der Waals surface area contributed by atoms with E-state index in [0.29, 0.717) is 17.8 Å². The first-order chi connectivity index (χ1) is 8.61. The predicted molar refractivity (Wildman–Crippen MR) is 73.2 cm³/mol. The molecule has 1 heterocycles. The number of rotatable bonds is 3. The maximum Gasteiger partial charge on any atom is 0.287 e. The third-order valence-electron chi connectivity index (χ3n) is 3.57. The van der Waals surface area contributed by atoms with Crippen molar-refractivity contribution in [1.29, 1.82) is 0 Å². The van der Waals surface area contributed by atoms with Gasteiger partial charge in [0.05, 0.1) is 11.9 Å². The van der Waals surface area contributed by atoms with Crippen LogP contribution >= 0.6 is 11.6 Å². The molecular formula is C12H19ClN4O. The Morgan fingerprint density at radius 3 is 2.56 bits per heavy atom. The predicted octanol–water partition coefficient (Wildman–Crippen LogP) is 1.38. The lowest BCUT2D eigenvalue weighted by Gasteiger charge is -2.29. The SMILES string of the molecule is CNC1CCC(Nc2cnn(C)c(=O)c2Cl)CC1. The molecule has 0 saturated heterocycles. The highest BCUT2D eigenvalue weighted by Crippen LogP contribution is 2.24. The van der Waals surface area contributed by atoms with E-state index in [1.165, 1.54) is 4.68 Å². The van der Waals surface area contributed by atoms with E-state index in [1.54, 1.807) is 13.2 Å².